The molecule has 0 fully saturated rings. The van der Waals surface area contributed by atoms with Crippen LogP contribution < -0.4 is 0 Å². The van der Waals surface area contributed by atoms with Gasteiger partial charge in [0.15, 0.2) is 5.76 Å². The van der Waals surface area contributed by atoms with Gasteiger partial charge in [-0.2, -0.15) is 0 Å². The highest BCUT2D eigenvalue weighted by Gasteiger charge is 2.14. The van der Waals surface area contributed by atoms with Crippen LogP contribution in [0.1, 0.15) is 10.6 Å². The lowest BCUT2D eigenvalue weighted by atomic mass is 10.2. The lowest BCUT2D eigenvalue weighted by molar-refractivity contribution is 0.0799. The third kappa shape index (κ3) is 1.77. The first-order valence-corrected chi connectivity index (χ1v) is 5.28. The summed E-state index contributed by atoms with van der Waals surface area (Å²) in [7, 11) is 3.40. The summed E-state index contributed by atoms with van der Waals surface area (Å²) in [5.41, 5.74) is 0.711. The summed E-state index contributed by atoms with van der Waals surface area (Å²) in [6, 6.07) is 7.46. The highest BCUT2D eigenvalue weighted by Crippen LogP contribution is 2.27. The SMILES string of the molecule is CN(C)C(=O)c1cc2cccc(Br)c2o1. The second-order valence-electron chi connectivity index (χ2n) is 3.47. The number of nitrogens with zero attached hydrogens (tertiary/aromatic N) is 1. The molecule has 0 unspecified atom stereocenters. The van der Waals surface area contributed by atoms with Crippen molar-refractivity contribution in [1.82, 2.24) is 4.90 Å². The fourth-order valence-corrected chi connectivity index (χ4v) is 1.82. The average molecular weight is 268 g/mol. The van der Waals surface area contributed by atoms with Crippen LogP contribution in [0.15, 0.2) is 33.2 Å². The molecule has 1 amide bonds. The molecule has 0 atom stereocenters. The predicted octanol–water partition coefficient (Wildman–Crippen LogP) is 2.90. The average Bonchev–Trinajstić information content (AvgIpc) is 2.61. The van der Waals surface area contributed by atoms with Crippen molar-refractivity contribution in [3.8, 4) is 0 Å². The van der Waals surface area contributed by atoms with Gasteiger partial charge in [-0.1, -0.05) is 12.1 Å². The minimum absolute atomic E-state index is 0.127. The Morgan fingerprint density at radius 3 is 2.73 bits per heavy atom. The lowest BCUT2D eigenvalue weighted by Crippen LogP contribution is -2.20. The number of hydrogen-bond donors (Lipinski definition) is 0. The van der Waals surface area contributed by atoms with Crippen LogP contribution in [0.3, 0.4) is 0 Å². The second kappa shape index (κ2) is 3.70. The van der Waals surface area contributed by atoms with E-state index in [0.717, 1.165) is 9.86 Å². The van der Waals surface area contributed by atoms with Gasteiger partial charge in [0.1, 0.15) is 5.58 Å². The molecule has 2 aromatic rings. The van der Waals surface area contributed by atoms with Gasteiger partial charge in [-0.3, -0.25) is 4.79 Å². The molecule has 1 heterocycles. The van der Waals surface area contributed by atoms with Gasteiger partial charge in [0.2, 0.25) is 0 Å². The molecule has 0 radical (unpaired) electrons. The van der Waals surface area contributed by atoms with Crippen molar-refractivity contribution in [3.63, 3.8) is 0 Å². The third-order valence-corrected chi connectivity index (χ3v) is 2.74. The fraction of sp³-hybridized carbons (Fsp3) is 0.182. The van der Waals surface area contributed by atoms with E-state index in [2.05, 4.69) is 15.9 Å². The molecular weight excluding hydrogens is 258 g/mol. The summed E-state index contributed by atoms with van der Waals surface area (Å²) in [4.78, 5) is 13.1. The molecule has 0 aliphatic carbocycles. The van der Waals surface area contributed by atoms with Crippen LogP contribution in [0, 0.1) is 0 Å². The smallest absolute Gasteiger partial charge is 0.289 e. The maximum atomic E-state index is 11.6. The summed E-state index contributed by atoms with van der Waals surface area (Å²) in [6.45, 7) is 0. The van der Waals surface area contributed by atoms with Crippen LogP contribution in [-0.2, 0) is 0 Å². The Balaban J connectivity index is 2.57. The van der Waals surface area contributed by atoms with Crippen LogP contribution in [0.2, 0.25) is 0 Å². The number of hydrogen-bond acceptors (Lipinski definition) is 2. The number of carbonyl (C=O) groups is 1. The van der Waals surface area contributed by atoms with E-state index >= 15 is 0 Å². The van der Waals surface area contributed by atoms with E-state index < -0.39 is 0 Å². The van der Waals surface area contributed by atoms with E-state index in [1.165, 1.54) is 4.90 Å². The normalized spacial score (nSPS) is 10.6. The Morgan fingerprint density at radius 2 is 2.13 bits per heavy atom. The molecule has 0 N–H and O–H groups in total. The van der Waals surface area contributed by atoms with E-state index in [1.54, 1.807) is 20.2 Å². The quantitative estimate of drug-likeness (QED) is 0.796. The molecule has 15 heavy (non-hydrogen) atoms. The molecule has 4 heteroatoms. The first kappa shape index (κ1) is 10.2. The minimum Gasteiger partial charge on any atom is -0.450 e. The number of carbonyl (C=O) groups excluding carboxylic acids is 1. The number of benzene rings is 1. The van der Waals surface area contributed by atoms with Gasteiger partial charge in [-0.25, -0.2) is 0 Å². The molecular formula is C11H10BrNO2. The molecule has 0 bridgehead atoms. The van der Waals surface area contributed by atoms with Crippen molar-refractivity contribution in [2.75, 3.05) is 14.1 Å². The fourth-order valence-electron chi connectivity index (χ4n) is 1.35. The highest BCUT2D eigenvalue weighted by molar-refractivity contribution is 9.10. The molecule has 0 aliphatic heterocycles. The third-order valence-electron chi connectivity index (χ3n) is 2.11. The van der Waals surface area contributed by atoms with E-state index in [1.807, 2.05) is 18.2 Å². The number of para-hydroxylation sites is 1. The van der Waals surface area contributed by atoms with Crippen LogP contribution in [0.5, 0.6) is 0 Å². The predicted molar refractivity (Wildman–Crippen MR) is 61.9 cm³/mol. The van der Waals surface area contributed by atoms with Crippen molar-refractivity contribution in [1.29, 1.82) is 0 Å². The Labute approximate surface area is 95.8 Å². The number of furan rings is 1. The largest absolute Gasteiger partial charge is 0.450 e. The highest BCUT2D eigenvalue weighted by atomic mass is 79.9. The molecule has 1 aromatic carbocycles. The van der Waals surface area contributed by atoms with E-state index in [4.69, 9.17) is 4.42 Å². The maximum absolute atomic E-state index is 11.6. The summed E-state index contributed by atoms with van der Waals surface area (Å²) < 4.78 is 6.34. The Kier molecular flexibility index (Phi) is 2.52. The zero-order valence-electron chi connectivity index (χ0n) is 8.45. The number of rotatable bonds is 1. The zero-order valence-corrected chi connectivity index (χ0v) is 10.0. The van der Waals surface area contributed by atoms with Gasteiger partial charge in [-0.15, -0.1) is 0 Å². The van der Waals surface area contributed by atoms with Gasteiger partial charge in [0.05, 0.1) is 4.47 Å². The summed E-state index contributed by atoms with van der Waals surface area (Å²) in [5, 5.41) is 0.926. The molecule has 0 aliphatic rings. The molecule has 2 rings (SSSR count). The lowest BCUT2D eigenvalue weighted by Gasteiger charge is -2.06. The molecule has 78 valence electrons. The number of fused-ring (bicyclic) bond motifs is 1. The van der Waals surface area contributed by atoms with Crippen molar-refractivity contribution in [2.24, 2.45) is 0 Å². The maximum Gasteiger partial charge on any atom is 0.289 e. The molecule has 0 saturated carbocycles. The summed E-state index contributed by atoms with van der Waals surface area (Å²) in [6.07, 6.45) is 0. The summed E-state index contributed by atoms with van der Waals surface area (Å²) >= 11 is 3.38. The second-order valence-corrected chi connectivity index (χ2v) is 4.32. The van der Waals surface area contributed by atoms with Crippen molar-refractivity contribution in [3.05, 3.63) is 34.5 Å². The van der Waals surface area contributed by atoms with Gasteiger partial charge < -0.3 is 9.32 Å². The first-order chi connectivity index (χ1) is 7.09. The van der Waals surface area contributed by atoms with Crippen LogP contribution in [-0.4, -0.2) is 24.9 Å². The first-order valence-electron chi connectivity index (χ1n) is 4.49. The van der Waals surface area contributed by atoms with Crippen LogP contribution in [0.4, 0.5) is 0 Å². The molecule has 0 spiro atoms. The van der Waals surface area contributed by atoms with Crippen molar-refractivity contribution >= 4 is 32.8 Å². The van der Waals surface area contributed by atoms with Crippen molar-refractivity contribution < 1.29 is 9.21 Å². The van der Waals surface area contributed by atoms with Crippen LogP contribution in [0.25, 0.3) is 11.0 Å². The van der Waals surface area contributed by atoms with E-state index in [-0.39, 0.29) is 5.91 Å². The zero-order chi connectivity index (χ0) is 11.0. The van der Waals surface area contributed by atoms with Gasteiger partial charge in [0, 0.05) is 19.5 Å². The monoisotopic (exact) mass is 267 g/mol. The van der Waals surface area contributed by atoms with Gasteiger partial charge >= 0.3 is 0 Å². The van der Waals surface area contributed by atoms with E-state index in [0.29, 0.717) is 11.3 Å². The molecule has 1 aromatic heterocycles. The molecule has 0 saturated heterocycles. The van der Waals surface area contributed by atoms with Crippen molar-refractivity contribution in [2.45, 2.75) is 0 Å². The Bertz CT molecular complexity index is 516. The van der Waals surface area contributed by atoms with Gasteiger partial charge in [0.25, 0.3) is 5.91 Å². The van der Waals surface area contributed by atoms with Gasteiger partial charge in [-0.05, 0) is 28.1 Å². The number of amides is 1. The van der Waals surface area contributed by atoms with Crippen LogP contribution >= 0.6 is 15.9 Å². The molecule has 3 nitrogen and oxygen atoms in total. The Hall–Kier alpha value is -1.29. The standard InChI is InChI=1S/C11H10BrNO2/c1-13(2)11(14)9-6-7-4-3-5-8(12)10(7)15-9/h3-6H,1-2H3. The van der Waals surface area contributed by atoms with E-state index in [9.17, 15) is 4.79 Å². The number of halogens is 1. The summed E-state index contributed by atoms with van der Waals surface area (Å²) in [5.74, 6) is 0.236. The topological polar surface area (TPSA) is 33.5 Å². The minimum atomic E-state index is -0.127. The Morgan fingerprint density at radius 1 is 1.40 bits per heavy atom.